The predicted octanol–water partition coefficient (Wildman–Crippen LogP) is 2.56. The summed E-state index contributed by atoms with van der Waals surface area (Å²) < 4.78 is 55.0. The highest BCUT2D eigenvalue weighted by Crippen LogP contribution is 2.28. The summed E-state index contributed by atoms with van der Waals surface area (Å²) >= 11 is 0. The molecule has 3 aromatic rings. The molecular formula is C12H6F4N4. The van der Waals surface area contributed by atoms with Crippen LogP contribution in [0.1, 0.15) is 0 Å². The maximum atomic E-state index is 13.8. The molecule has 0 bridgehead atoms. The fourth-order valence-electron chi connectivity index (χ4n) is 1.94. The molecule has 0 radical (unpaired) electrons. The highest BCUT2D eigenvalue weighted by Gasteiger charge is 2.23. The number of hydrogen-bond acceptors (Lipinski definition) is 3. The third-order valence-electron chi connectivity index (χ3n) is 2.79. The van der Waals surface area contributed by atoms with Gasteiger partial charge in [0.25, 0.3) is 0 Å². The molecule has 0 aliphatic heterocycles. The average molecular weight is 282 g/mol. The molecular weight excluding hydrogens is 276 g/mol. The summed E-state index contributed by atoms with van der Waals surface area (Å²) in [5.41, 5.74) is 5.04. The molecule has 0 unspecified atom stereocenters. The number of nitrogen functional groups attached to an aromatic ring is 1. The van der Waals surface area contributed by atoms with Gasteiger partial charge in [-0.15, -0.1) is 0 Å². The van der Waals surface area contributed by atoms with Crippen LogP contribution in [0.5, 0.6) is 0 Å². The lowest BCUT2D eigenvalue weighted by Gasteiger charge is -2.10. The van der Waals surface area contributed by atoms with Gasteiger partial charge in [-0.2, -0.15) is 0 Å². The van der Waals surface area contributed by atoms with E-state index < -0.39 is 29.0 Å². The summed E-state index contributed by atoms with van der Waals surface area (Å²) in [6.45, 7) is 0. The van der Waals surface area contributed by atoms with Crippen molar-refractivity contribution in [1.29, 1.82) is 0 Å². The Balaban J connectivity index is 2.46. The van der Waals surface area contributed by atoms with Crippen molar-refractivity contribution in [2.75, 3.05) is 5.73 Å². The number of pyridine rings is 1. The number of hydrogen-bond donors (Lipinski definition) is 1. The maximum Gasteiger partial charge on any atom is 0.206 e. The van der Waals surface area contributed by atoms with Gasteiger partial charge in [-0.05, 0) is 6.07 Å². The first kappa shape index (κ1) is 12.4. The molecule has 8 heteroatoms. The molecule has 102 valence electrons. The van der Waals surface area contributed by atoms with E-state index in [4.69, 9.17) is 5.73 Å². The van der Waals surface area contributed by atoms with E-state index in [-0.39, 0.29) is 23.0 Å². The summed E-state index contributed by atoms with van der Waals surface area (Å²) in [5, 5.41) is 0. The third kappa shape index (κ3) is 1.61. The Labute approximate surface area is 109 Å². The van der Waals surface area contributed by atoms with E-state index in [1.807, 2.05) is 0 Å². The first-order valence-electron chi connectivity index (χ1n) is 5.42. The minimum Gasteiger partial charge on any atom is -0.369 e. The number of nitrogens with two attached hydrogens (primary N) is 1. The first-order valence-corrected chi connectivity index (χ1v) is 5.42. The zero-order valence-electron chi connectivity index (χ0n) is 9.74. The summed E-state index contributed by atoms with van der Waals surface area (Å²) in [5.74, 6) is -6.45. The molecule has 0 saturated carbocycles. The highest BCUT2D eigenvalue weighted by molar-refractivity contribution is 5.79. The lowest BCUT2D eigenvalue weighted by molar-refractivity contribution is 0.449. The number of benzene rings is 1. The molecule has 0 fully saturated rings. The van der Waals surface area contributed by atoms with Gasteiger partial charge >= 0.3 is 0 Å². The summed E-state index contributed by atoms with van der Waals surface area (Å²) in [6, 6.07) is 1.51. The van der Waals surface area contributed by atoms with Crippen LogP contribution in [0.25, 0.3) is 16.7 Å². The van der Waals surface area contributed by atoms with E-state index in [1.165, 1.54) is 18.5 Å². The Morgan fingerprint density at radius 3 is 2.35 bits per heavy atom. The molecule has 3 rings (SSSR count). The van der Waals surface area contributed by atoms with Crippen molar-refractivity contribution in [2.24, 2.45) is 0 Å². The Bertz CT molecular complexity index is 802. The van der Waals surface area contributed by atoms with Crippen molar-refractivity contribution < 1.29 is 17.6 Å². The number of nitrogens with zero attached hydrogens (tertiary/aromatic N) is 3. The van der Waals surface area contributed by atoms with Gasteiger partial charge in [-0.1, -0.05) is 0 Å². The van der Waals surface area contributed by atoms with Gasteiger partial charge in [0.05, 0.1) is 11.7 Å². The standard InChI is InChI=1S/C12H6F4N4/c13-5-3-6(14)10(16)11(9(5)15)20-8-1-2-18-4-7(8)19-12(20)17/h1-4H,(H2,17,19). The fraction of sp³-hybridized carbons (Fsp3) is 0. The van der Waals surface area contributed by atoms with Crippen molar-refractivity contribution in [3.05, 3.63) is 47.8 Å². The van der Waals surface area contributed by atoms with Gasteiger partial charge in [-0.25, -0.2) is 22.5 Å². The molecule has 20 heavy (non-hydrogen) atoms. The van der Waals surface area contributed by atoms with Crippen LogP contribution in [0.4, 0.5) is 23.5 Å². The Hall–Kier alpha value is -2.64. The van der Waals surface area contributed by atoms with E-state index in [1.54, 1.807) is 0 Å². The minimum atomic E-state index is -1.55. The van der Waals surface area contributed by atoms with Crippen LogP contribution in [-0.2, 0) is 0 Å². The molecule has 1 aromatic carbocycles. The van der Waals surface area contributed by atoms with Crippen LogP contribution < -0.4 is 5.73 Å². The lowest BCUT2D eigenvalue weighted by atomic mass is 10.2. The molecule has 0 amide bonds. The largest absolute Gasteiger partial charge is 0.369 e. The number of fused-ring (bicyclic) bond motifs is 1. The monoisotopic (exact) mass is 282 g/mol. The van der Waals surface area contributed by atoms with Crippen molar-refractivity contribution in [3.63, 3.8) is 0 Å². The molecule has 0 atom stereocenters. The maximum absolute atomic E-state index is 13.8. The van der Waals surface area contributed by atoms with Crippen molar-refractivity contribution in [3.8, 4) is 5.69 Å². The van der Waals surface area contributed by atoms with Crippen LogP contribution in [0, 0.1) is 23.3 Å². The fourth-order valence-corrected chi connectivity index (χ4v) is 1.94. The van der Waals surface area contributed by atoms with Gasteiger partial charge < -0.3 is 5.73 Å². The van der Waals surface area contributed by atoms with Gasteiger partial charge in [0.15, 0.2) is 23.3 Å². The van der Waals surface area contributed by atoms with E-state index in [0.717, 1.165) is 4.57 Å². The van der Waals surface area contributed by atoms with Gasteiger partial charge in [-0.3, -0.25) is 9.55 Å². The lowest BCUT2D eigenvalue weighted by Crippen LogP contribution is -2.09. The van der Waals surface area contributed by atoms with Gasteiger partial charge in [0, 0.05) is 12.3 Å². The van der Waals surface area contributed by atoms with E-state index in [0.29, 0.717) is 0 Å². The first-order chi connectivity index (χ1) is 9.50. The third-order valence-corrected chi connectivity index (χ3v) is 2.79. The average Bonchev–Trinajstić information content (AvgIpc) is 2.74. The minimum absolute atomic E-state index is 0.130. The van der Waals surface area contributed by atoms with Crippen LogP contribution in [-0.4, -0.2) is 14.5 Å². The molecule has 4 nitrogen and oxygen atoms in total. The van der Waals surface area contributed by atoms with E-state index in [2.05, 4.69) is 9.97 Å². The van der Waals surface area contributed by atoms with Crippen molar-refractivity contribution >= 4 is 17.0 Å². The predicted molar refractivity (Wildman–Crippen MR) is 63.1 cm³/mol. The van der Waals surface area contributed by atoms with E-state index >= 15 is 0 Å². The second kappa shape index (κ2) is 4.19. The molecule has 0 saturated heterocycles. The molecule has 0 aliphatic rings. The topological polar surface area (TPSA) is 56.7 Å². The smallest absolute Gasteiger partial charge is 0.206 e. The SMILES string of the molecule is Nc1nc2cnccc2n1-c1c(F)c(F)cc(F)c1F. The summed E-state index contributed by atoms with van der Waals surface area (Å²) in [6.07, 6.45) is 2.65. The number of imidazole rings is 1. The van der Waals surface area contributed by atoms with Crippen LogP contribution in [0.15, 0.2) is 24.5 Å². The van der Waals surface area contributed by atoms with Crippen LogP contribution in [0.3, 0.4) is 0 Å². The van der Waals surface area contributed by atoms with Crippen LogP contribution in [0.2, 0.25) is 0 Å². The van der Waals surface area contributed by atoms with Crippen molar-refractivity contribution in [2.45, 2.75) is 0 Å². The normalized spacial score (nSPS) is 11.2. The molecule has 0 aliphatic carbocycles. The number of aromatic nitrogens is 3. The molecule has 0 spiro atoms. The number of anilines is 1. The van der Waals surface area contributed by atoms with Gasteiger partial charge in [0.2, 0.25) is 5.95 Å². The Morgan fingerprint density at radius 1 is 1.05 bits per heavy atom. The summed E-state index contributed by atoms with van der Waals surface area (Å²) in [7, 11) is 0. The van der Waals surface area contributed by atoms with Crippen molar-refractivity contribution in [1.82, 2.24) is 14.5 Å². The highest BCUT2D eigenvalue weighted by atomic mass is 19.2. The Morgan fingerprint density at radius 2 is 1.70 bits per heavy atom. The number of rotatable bonds is 1. The second-order valence-corrected chi connectivity index (χ2v) is 3.99. The molecule has 2 heterocycles. The second-order valence-electron chi connectivity index (χ2n) is 3.99. The Kier molecular flexibility index (Phi) is 2.60. The molecule has 2 aromatic heterocycles. The zero-order valence-corrected chi connectivity index (χ0v) is 9.74. The summed E-state index contributed by atoms with van der Waals surface area (Å²) in [4.78, 5) is 7.60. The zero-order chi connectivity index (χ0) is 14.4. The number of halogens is 4. The van der Waals surface area contributed by atoms with E-state index in [9.17, 15) is 17.6 Å². The quantitative estimate of drug-likeness (QED) is 0.551. The van der Waals surface area contributed by atoms with Gasteiger partial charge in [0.1, 0.15) is 11.2 Å². The molecule has 2 N–H and O–H groups in total. The van der Waals surface area contributed by atoms with Crippen LogP contribution >= 0.6 is 0 Å².